The summed E-state index contributed by atoms with van der Waals surface area (Å²) in [7, 11) is 0. The Kier molecular flexibility index (Phi) is 4.45. The number of benzene rings is 1. The monoisotopic (exact) mass is 309 g/mol. The van der Waals surface area contributed by atoms with Gasteiger partial charge in [0.15, 0.2) is 0 Å². The molecule has 114 valence electrons. The zero-order chi connectivity index (χ0) is 14.8. The van der Waals surface area contributed by atoms with Crippen LogP contribution in [-0.2, 0) is 0 Å². The highest BCUT2D eigenvalue weighted by molar-refractivity contribution is 6.30. The molecule has 2 aliphatic heterocycles. The molecule has 0 aromatic heterocycles. The van der Waals surface area contributed by atoms with Crippen LogP contribution in [0.1, 0.15) is 16.8 Å². The lowest BCUT2D eigenvalue weighted by Gasteiger charge is -2.39. The van der Waals surface area contributed by atoms with E-state index in [4.69, 9.17) is 11.6 Å². The minimum atomic E-state index is -0.210. The number of hydrogen-bond acceptors (Lipinski definition) is 4. The molecular formula is C15H20ClN3O2. The van der Waals surface area contributed by atoms with E-state index in [0.29, 0.717) is 30.2 Å². The summed E-state index contributed by atoms with van der Waals surface area (Å²) < 4.78 is 0. The topological polar surface area (TPSA) is 47.0 Å². The van der Waals surface area contributed by atoms with Gasteiger partial charge < -0.3 is 10.0 Å². The van der Waals surface area contributed by atoms with Crippen molar-refractivity contribution in [2.45, 2.75) is 12.5 Å². The van der Waals surface area contributed by atoms with Crippen molar-refractivity contribution in [3.05, 3.63) is 34.9 Å². The second-order valence-corrected chi connectivity index (χ2v) is 6.04. The fourth-order valence-corrected chi connectivity index (χ4v) is 3.06. The van der Waals surface area contributed by atoms with Crippen LogP contribution in [0.3, 0.4) is 0 Å². The molecule has 0 saturated carbocycles. The normalized spacial score (nSPS) is 24.5. The predicted octanol–water partition coefficient (Wildman–Crippen LogP) is 1.08. The van der Waals surface area contributed by atoms with Crippen molar-refractivity contribution in [1.29, 1.82) is 0 Å². The minimum absolute atomic E-state index is 0.0628. The van der Waals surface area contributed by atoms with Crippen molar-refractivity contribution < 1.29 is 9.90 Å². The Morgan fingerprint density at radius 2 is 1.71 bits per heavy atom. The average molecular weight is 310 g/mol. The van der Waals surface area contributed by atoms with Gasteiger partial charge in [-0.15, -0.1) is 0 Å². The van der Waals surface area contributed by atoms with Gasteiger partial charge in [-0.2, -0.15) is 0 Å². The van der Waals surface area contributed by atoms with Gasteiger partial charge in [-0.25, -0.2) is 10.0 Å². The second kappa shape index (κ2) is 6.32. The van der Waals surface area contributed by atoms with Crippen LogP contribution in [0.15, 0.2) is 24.3 Å². The van der Waals surface area contributed by atoms with Crippen LogP contribution in [-0.4, -0.2) is 71.3 Å². The van der Waals surface area contributed by atoms with E-state index in [0.717, 1.165) is 26.1 Å². The fraction of sp³-hybridized carbons (Fsp3) is 0.533. The molecule has 1 N–H and O–H groups in total. The van der Waals surface area contributed by atoms with E-state index in [-0.39, 0.29) is 12.0 Å². The third-order valence-electron chi connectivity index (χ3n) is 4.18. The first-order valence-electron chi connectivity index (χ1n) is 7.36. The van der Waals surface area contributed by atoms with Crippen molar-refractivity contribution in [3.8, 4) is 0 Å². The van der Waals surface area contributed by atoms with Gasteiger partial charge >= 0.3 is 0 Å². The standard InChI is InChI=1S/C15H20ClN3O2/c16-13-3-1-12(2-4-13)15(21)17-7-9-18(10-8-17)19-6-5-14(20)11-19/h1-4,14,20H,5-11H2. The Morgan fingerprint density at radius 3 is 2.29 bits per heavy atom. The molecule has 1 aromatic rings. The Bertz CT molecular complexity index is 500. The molecule has 5 nitrogen and oxygen atoms in total. The highest BCUT2D eigenvalue weighted by Crippen LogP contribution is 2.16. The summed E-state index contributed by atoms with van der Waals surface area (Å²) in [6, 6.07) is 7.04. The number of carbonyl (C=O) groups excluding carboxylic acids is 1. The van der Waals surface area contributed by atoms with Crippen molar-refractivity contribution in [2.75, 3.05) is 39.3 Å². The third kappa shape index (κ3) is 3.37. The molecule has 2 aliphatic rings. The zero-order valence-electron chi connectivity index (χ0n) is 11.9. The number of aliphatic hydroxyl groups is 1. The summed E-state index contributed by atoms with van der Waals surface area (Å²) in [5.41, 5.74) is 0.685. The van der Waals surface area contributed by atoms with E-state index in [1.165, 1.54) is 0 Å². The SMILES string of the molecule is O=C(c1ccc(Cl)cc1)N1CCN(N2CCC(O)C2)CC1. The Labute approximate surface area is 129 Å². The lowest BCUT2D eigenvalue weighted by Crippen LogP contribution is -2.54. The molecule has 2 heterocycles. The minimum Gasteiger partial charge on any atom is -0.392 e. The van der Waals surface area contributed by atoms with Gasteiger partial charge in [-0.05, 0) is 30.7 Å². The van der Waals surface area contributed by atoms with Gasteiger partial charge in [0.25, 0.3) is 5.91 Å². The Hall–Kier alpha value is -1.14. The summed E-state index contributed by atoms with van der Waals surface area (Å²) in [5.74, 6) is 0.0628. The van der Waals surface area contributed by atoms with Crippen LogP contribution < -0.4 is 0 Å². The average Bonchev–Trinajstić information content (AvgIpc) is 2.94. The molecular weight excluding hydrogens is 290 g/mol. The van der Waals surface area contributed by atoms with E-state index in [2.05, 4.69) is 10.0 Å². The van der Waals surface area contributed by atoms with E-state index >= 15 is 0 Å². The fourth-order valence-electron chi connectivity index (χ4n) is 2.94. The molecule has 0 aliphatic carbocycles. The molecule has 21 heavy (non-hydrogen) atoms. The number of aliphatic hydroxyl groups excluding tert-OH is 1. The number of carbonyl (C=O) groups is 1. The summed E-state index contributed by atoms with van der Waals surface area (Å²) >= 11 is 5.85. The van der Waals surface area contributed by atoms with E-state index in [1.807, 2.05) is 4.90 Å². The summed E-state index contributed by atoms with van der Waals surface area (Å²) in [4.78, 5) is 14.3. The molecule has 1 amide bonds. The first-order chi connectivity index (χ1) is 10.1. The maximum absolute atomic E-state index is 12.4. The van der Waals surface area contributed by atoms with Gasteiger partial charge in [-0.1, -0.05) is 11.6 Å². The maximum Gasteiger partial charge on any atom is 0.253 e. The number of rotatable bonds is 2. The molecule has 3 rings (SSSR count). The Morgan fingerprint density at radius 1 is 1.05 bits per heavy atom. The molecule has 1 atom stereocenters. The maximum atomic E-state index is 12.4. The van der Waals surface area contributed by atoms with Crippen LogP contribution >= 0.6 is 11.6 Å². The number of halogens is 1. The van der Waals surface area contributed by atoms with Crippen molar-refractivity contribution >= 4 is 17.5 Å². The molecule has 0 spiro atoms. The molecule has 2 saturated heterocycles. The van der Waals surface area contributed by atoms with Gasteiger partial charge in [0.2, 0.25) is 0 Å². The molecule has 6 heteroatoms. The van der Waals surface area contributed by atoms with E-state index in [1.54, 1.807) is 24.3 Å². The number of hydrogen-bond donors (Lipinski definition) is 1. The summed E-state index contributed by atoms with van der Waals surface area (Å²) in [6.45, 7) is 4.71. The molecule has 0 radical (unpaired) electrons. The van der Waals surface area contributed by atoms with Gasteiger partial charge in [-0.3, -0.25) is 4.79 Å². The predicted molar refractivity (Wildman–Crippen MR) is 81.1 cm³/mol. The molecule has 1 unspecified atom stereocenters. The number of amides is 1. The highest BCUT2D eigenvalue weighted by Gasteiger charge is 2.29. The summed E-state index contributed by atoms with van der Waals surface area (Å²) in [6.07, 6.45) is 0.628. The first kappa shape index (κ1) is 14.8. The second-order valence-electron chi connectivity index (χ2n) is 5.61. The molecule has 2 fully saturated rings. The lowest BCUT2D eigenvalue weighted by atomic mass is 10.2. The van der Waals surface area contributed by atoms with Crippen LogP contribution in [0.2, 0.25) is 5.02 Å². The smallest absolute Gasteiger partial charge is 0.253 e. The number of hydrazine groups is 1. The van der Waals surface area contributed by atoms with Crippen molar-refractivity contribution in [1.82, 2.24) is 14.9 Å². The highest BCUT2D eigenvalue weighted by atomic mass is 35.5. The van der Waals surface area contributed by atoms with Crippen LogP contribution in [0.5, 0.6) is 0 Å². The zero-order valence-corrected chi connectivity index (χ0v) is 12.7. The number of piperazine rings is 1. The van der Waals surface area contributed by atoms with Gasteiger partial charge in [0.05, 0.1) is 6.10 Å². The van der Waals surface area contributed by atoms with Crippen LogP contribution in [0, 0.1) is 0 Å². The molecule has 1 aromatic carbocycles. The largest absolute Gasteiger partial charge is 0.392 e. The van der Waals surface area contributed by atoms with Gasteiger partial charge in [0, 0.05) is 49.9 Å². The molecule has 0 bridgehead atoms. The van der Waals surface area contributed by atoms with Crippen LogP contribution in [0.25, 0.3) is 0 Å². The number of nitrogens with zero attached hydrogens (tertiary/aromatic N) is 3. The number of β-amino-alcohol motifs (C(OH)–C–C–N with tert-alkyl or cyclic N) is 1. The quantitative estimate of drug-likeness (QED) is 0.888. The van der Waals surface area contributed by atoms with Crippen molar-refractivity contribution in [2.24, 2.45) is 0 Å². The van der Waals surface area contributed by atoms with E-state index < -0.39 is 0 Å². The van der Waals surface area contributed by atoms with Crippen molar-refractivity contribution in [3.63, 3.8) is 0 Å². The lowest BCUT2D eigenvalue weighted by molar-refractivity contribution is -0.0424. The summed E-state index contributed by atoms with van der Waals surface area (Å²) in [5, 5.41) is 14.7. The third-order valence-corrected chi connectivity index (χ3v) is 4.43. The van der Waals surface area contributed by atoms with Crippen LogP contribution in [0.4, 0.5) is 0 Å². The van der Waals surface area contributed by atoms with Gasteiger partial charge in [0.1, 0.15) is 0 Å². The first-order valence-corrected chi connectivity index (χ1v) is 7.74. The van der Waals surface area contributed by atoms with E-state index in [9.17, 15) is 9.90 Å². The Balaban J connectivity index is 1.55.